The van der Waals surface area contributed by atoms with E-state index in [1.165, 1.54) is 46.8 Å². The SMILES string of the molecule is O=C(Nc1cc([N+](=O)[O-])ccc1Cl)C1CCN(S(=O)(=O)Cc2ccc(F)cc2)CC1. The molecule has 1 heterocycles. The van der Waals surface area contributed by atoms with Gasteiger partial charge in [0.2, 0.25) is 15.9 Å². The van der Waals surface area contributed by atoms with Gasteiger partial charge in [-0.05, 0) is 36.6 Å². The number of amides is 1. The van der Waals surface area contributed by atoms with Crippen LogP contribution in [0.5, 0.6) is 0 Å². The molecule has 2 aromatic rings. The molecule has 1 aliphatic rings. The summed E-state index contributed by atoms with van der Waals surface area (Å²) in [6.45, 7) is 0.342. The van der Waals surface area contributed by atoms with Gasteiger partial charge >= 0.3 is 0 Å². The van der Waals surface area contributed by atoms with Gasteiger partial charge in [0, 0.05) is 31.1 Å². The zero-order valence-electron chi connectivity index (χ0n) is 15.8. The second kappa shape index (κ2) is 9.07. The molecule has 11 heteroatoms. The van der Waals surface area contributed by atoms with Crippen LogP contribution in [0, 0.1) is 21.8 Å². The maximum atomic E-state index is 13.0. The number of halogens is 2. The Morgan fingerprint density at radius 2 is 1.83 bits per heavy atom. The number of carbonyl (C=O) groups excluding carboxylic acids is 1. The van der Waals surface area contributed by atoms with Crippen LogP contribution in [-0.4, -0.2) is 36.6 Å². The Morgan fingerprint density at radius 1 is 1.20 bits per heavy atom. The predicted molar refractivity (Wildman–Crippen MR) is 110 cm³/mol. The number of rotatable bonds is 6. The number of benzene rings is 2. The van der Waals surface area contributed by atoms with Crippen molar-refractivity contribution in [2.45, 2.75) is 18.6 Å². The van der Waals surface area contributed by atoms with Crippen molar-refractivity contribution in [2.24, 2.45) is 5.92 Å². The molecule has 0 atom stereocenters. The van der Waals surface area contributed by atoms with Crippen LogP contribution in [0.25, 0.3) is 0 Å². The third-order valence-electron chi connectivity index (χ3n) is 4.90. The number of non-ortho nitro benzene ring substituents is 1. The van der Waals surface area contributed by atoms with E-state index < -0.39 is 26.7 Å². The molecular formula is C19H19ClFN3O5S. The zero-order valence-corrected chi connectivity index (χ0v) is 17.3. The van der Waals surface area contributed by atoms with E-state index in [2.05, 4.69) is 5.32 Å². The molecule has 3 rings (SSSR count). The van der Waals surface area contributed by atoms with E-state index in [-0.39, 0.29) is 41.1 Å². The van der Waals surface area contributed by atoms with Crippen LogP contribution < -0.4 is 5.32 Å². The molecule has 1 aliphatic heterocycles. The highest BCUT2D eigenvalue weighted by atomic mass is 35.5. The van der Waals surface area contributed by atoms with Crippen molar-refractivity contribution in [3.63, 3.8) is 0 Å². The molecule has 1 amide bonds. The average molecular weight is 456 g/mol. The monoisotopic (exact) mass is 455 g/mol. The van der Waals surface area contributed by atoms with Crippen molar-refractivity contribution in [3.05, 3.63) is 69.0 Å². The van der Waals surface area contributed by atoms with Crippen LogP contribution in [0.3, 0.4) is 0 Å². The van der Waals surface area contributed by atoms with Gasteiger partial charge in [-0.3, -0.25) is 14.9 Å². The third kappa shape index (κ3) is 5.32. The molecule has 160 valence electrons. The van der Waals surface area contributed by atoms with Crippen LogP contribution in [0.4, 0.5) is 15.8 Å². The van der Waals surface area contributed by atoms with Crippen molar-refractivity contribution in [1.82, 2.24) is 4.31 Å². The first-order valence-corrected chi connectivity index (χ1v) is 11.1. The second-order valence-corrected chi connectivity index (χ2v) is 9.34. The van der Waals surface area contributed by atoms with Crippen molar-refractivity contribution in [1.29, 1.82) is 0 Å². The fourth-order valence-electron chi connectivity index (χ4n) is 3.24. The smallest absolute Gasteiger partial charge is 0.271 e. The highest BCUT2D eigenvalue weighted by Gasteiger charge is 2.31. The Balaban J connectivity index is 1.59. The minimum atomic E-state index is -3.60. The summed E-state index contributed by atoms with van der Waals surface area (Å²) >= 11 is 6.01. The number of hydrogen-bond acceptors (Lipinski definition) is 5. The van der Waals surface area contributed by atoms with E-state index in [1.54, 1.807) is 0 Å². The lowest BCUT2D eigenvalue weighted by Gasteiger charge is -2.30. The second-order valence-electron chi connectivity index (χ2n) is 6.97. The van der Waals surface area contributed by atoms with Gasteiger partial charge in [-0.1, -0.05) is 23.7 Å². The van der Waals surface area contributed by atoms with Crippen LogP contribution in [0.1, 0.15) is 18.4 Å². The summed E-state index contributed by atoms with van der Waals surface area (Å²) in [5, 5.41) is 13.7. The number of anilines is 1. The van der Waals surface area contributed by atoms with Crippen LogP contribution in [0.15, 0.2) is 42.5 Å². The Labute approximate surface area is 177 Å². The standard InChI is InChI=1S/C19H19ClFN3O5S/c20-17-6-5-16(24(26)27)11-18(17)22-19(25)14-7-9-23(10-8-14)30(28,29)12-13-1-3-15(21)4-2-13/h1-6,11,14H,7-10,12H2,(H,22,25). The number of piperidine rings is 1. The number of nitrogens with zero attached hydrogens (tertiary/aromatic N) is 2. The van der Waals surface area contributed by atoms with Gasteiger partial charge in [-0.15, -0.1) is 0 Å². The van der Waals surface area contributed by atoms with Crippen molar-refractivity contribution < 1.29 is 22.5 Å². The third-order valence-corrected chi connectivity index (χ3v) is 7.08. The van der Waals surface area contributed by atoms with Crippen molar-refractivity contribution in [3.8, 4) is 0 Å². The summed E-state index contributed by atoms with van der Waals surface area (Å²) < 4.78 is 39.5. The molecule has 0 bridgehead atoms. The lowest BCUT2D eigenvalue weighted by molar-refractivity contribution is -0.384. The summed E-state index contributed by atoms with van der Waals surface area (Å²) in [7, 11) is -3.60. The Morgan fingerprint density at radius 3 is 2.43 bits per heavy atom. The molecule has 1 saturated heterocycles. The lowest BCUT2D eigenvalue weighted by atomic mass is 9.97. The molecule has 0 spiro atoms. The molecule has 1 N–H and O–H groups in total. The van der Waals surface area contributed by atoms with Gasteiger partial charge in [0.15, 0.2) is 0 Å². The number of nitro benzene ring substituents is 1. The molecule has 2 aromatic carbocycles. The number of nitro groups is 1. The van der Waals surface area contributed by atoms with Gasteiger partial charge in [0.1, 0.15) is 5.82 Å². The molecule has 0 radical (unpaired) electrons. The lowest BCUT2D eigenvalue weighted by Crippen LogP contribution is -2.41. The molecule has 1 fully saturated rings. The average Bonchev–Trinajstić information content (AvgIpc) is 2.71. The predicted octanol–water partition coefficient (Wildman–Crippen LogP) is 3.57. The maximum Gasteiger partial charge on any atom is 0.271 e. The normalized spacial score (nSPS) is 15.7. The highest BCUT2D eigenvalue weighted by Crippen LogP contribution is 2.29. The summed E-state index contributed by atoms with van der Waals surface area (Å²) in [6.07, 6.45) is 0.613. The van der Waals surface area contributed by atoms with Gasteiger partial charge in [0.05, 0.1) is 21.4 Å². The topological polar surface area (TPSA) is 110 Å². The Bertz CT molecular complexity index is 1050. The minimum Gasteiger partial charge on any atom is -0.324 e. The number of sulfonamides is 1. The molecular weight excluding hydrogens is 437 g/mol. The summed E-state index contributed by atoms with van der Waals surface area (Å²) in [4.78, 5) is 22.8. The number of hydrogen-bond donors (Lipinski definition) is 1. The first kappa shape index (κ1) is 22.1. The zero-order chi connectivity index (χ0) is 21.9. The first-order chi connectivity index (χ1) is 14.2. The van der Waals surface area contributed by atoms with Crippen molar-refractivity contribution in [2.75, 3.05) is 18.4 Å². The number of nitrogens with one attached hydrogen (secondary N) is 1. The quantitative estimate of drug-likeness (QED) is 0.529. The fraction of sp³-hybridized carbons (Fsp3) is 0.316. The highest BCUT2D eigenvalue weighted by molar-refractivity contribution is 7.88. The molecule has 8 nitrogen and oxygen atoms in total. The van der Waals surface area contributed by atoms with E-state index in [1.807, 2.05) is 0 Å². The van der Waals surface area contributed by atoms with Gasteiger partial charge in [-0.25, -0.2) is 17.1 Å². The minimum absolute atomic E-state index is 0.141. The van der Waals surface area contributed by atoms with E-state index in [0.29, 0.717) is 18.4 Å². The van der Waals surface area contributed by atoms with E-state index >= 15 is 0 Å². The van der Waals surface area contributed by atoms with E-state index in [4.69, 9.17) is 11.6 Å². The van der Waals surface area contributed by atoms with Gasteiger partial charge < -0.3 is 5.32 Å². The Hall–Kier alpha value is -2.56. The van der Waals surface area contributed by atoms with Crippen LogP contribution in [-0.2, 0) is 20.6 Å². The molecule has 30 heavy (non-hydrogen) atoms. The Kier molecular flexibility index (Phi) is 6.69. The molecule has 0 saturated carbocycles. The molecule has 0 aromatic heterocycles. The van der Waals surface area contributed by atoms with Crippen molar-refractivity contribution >= 4 is 38.9 Å². The maximum absolute atomic E-state index is 13.0. The molecule has 0 aliphatic carbocycles. The fourth-order valence-corrected chi connectivity index (χ4v) is 4.96. The van der Waals surface area contributed by atoms with E-state index in [9.17, 15) is 27.7 Å². The summed E-state index contributed by atoms with van der Waals surface area (Å²) in [5.74, 6) is -1.50. The first-order valence-electron chi connectivity index (χ1n) is 9.13. The summed E-state index contributed by atoms with van der Waals surface area (Å²) in [6, 6.07) is 9.03. The molecule has 0 unspecified atom stereocenters. The van der Waals surface area contributed by atoms with Crippen LogP contribution >= 0.6 is 11.6 Å². The van der Waals surface area contributed by atoms with Gasteiger partial charge in [-0.2, -0.15) is 0 Å². The van der Waals surface area contributed by atoms with Gasteiger partial charge in [0.25, 0.3) is 5.69 Å². The van der Waals surface area contributed by atoms with E-state index in [0.717, 1.165) is 0 Å². The summed E-state index contributed by atoms with van der Waals surface area (Å²) in [5.41, 5.74) is 0.426. The van der Waals surface area contributed by atoms with Crippen LogP contribution in [0.2, 0.25) is 5.02 Å². The number of carbonyl (C=O) groups is 1. The largest absolute Gasteiger partial charge is 0.324 e.